The van der Waals surface area contributed by atoms with Crippen LogP contribution in [0.25, 0.3) is 0 Å². The fourth-order valence-corrected chi connectivity index (χ4v) is 3.76. The summed E-state index contributed by atoms with van der Waals surface area (Å²) in [6.45, 7) is 3.60. The highest BCUT2D eigenvalue weighted by Gasteiger charge is 2.31. The standard InChI is InChI=1S/C19H20BrF3N2/c20-17-5-2-1-4-16(17)18(25-12-3-10-24-11-13-25)14-6-8-15(9-7-14)19(21,22)23/h1-2,4-9,18,24H,3,10-13H2. The predicted molar refractivity (Wildman–Crippen MR) is 96.5 cm³/mol. The SMILES string of the molecule is FC(F)(F)c1ccc(C(c2ccccc2Br)N2CCCNCC2)cc1. The van der Waals surface area contributed by atoms with Crippen LogP contribution in [0.1, 0.15) is 29.2 Å². The van der Waals surface area contributed by atoms with E-state index in [0.717, 1.165) is 48.2 Å². The van der Waals surface area contributed by atoms with Crippen molar-refractivity contribution in [2.45, 2.75) is 18.6 Å². The number of hydrogen-bond donors (Lipinski definition) is 1. The van der Waals surface area contributed by atoms with Gasteiger partial charge in [-0.1, -0.05) is 46.3 Å². The smallest absolute Gasteiger partial charge is 0.315 e. The minimum Gasteiger partial charge on any atom is -0.315 e. The van der Waals surface area contributed by atoms with Crippen LogP contribution in [0.5, 0.6) is 0 Å². The Balaban J connectivity index is 2.00. The number of halogens is 4. The molecule has 0 radical (unpaired) electrons. The number of nitrogens with zero attached hydrogens (tertiary/aromatic N) is 1. The summed E-state index contributed by atoms with van der Waals surface area (Å²) in [5, 5.41) is 3.38. The minimum atomic E-state index is -4.31. The van der Waals surface area contributed by atoms with Crippen molar-refractivity contribution in [1.82, 2.24) is 10.2 Å². The number of hydrogen-bond acceptors (Lipinski definition) is 2. The monoisotopic (exact) mass is 412 g/mol. The van der Waals surface area contributed by atoms with Gasteiger partial charge in [0.25, 0.3) is 0 Å². The zero-order valence-corrected chi connectivity index (χ0v) is 15.3. The van der Waals surface area contributed by atoms with Crippen molar-refractivity contribution in [2.24, 2.45) is 0 Å². The molecule has 0 amide bonds. The van der Waals surface area contributed by atoms with Gasteiger partial charge in [0.2, 0.25) is 0 Å². The molecule has 3 rings (SSSR count). The van der Waals surface area contributed by atoms with Crippen molar-refractivity contribution < 1.29 is 13.2 Å². The molecule has 1 aliphatic heterocycles. The van der Waals surface area contributed by atoms with E-state index < -0.39 is 11.7 Å². The van der Waals surface area contributed by atoms with E-state index in [1.54, 1.807) is 12.1 Å². The number of rotatable bonds is 3. The zero-order chi connectivity index (χ0) is 17.9. The molecule has 1 fully saturated rings. The molecule has 2 nitrogen and oxygen atoms in total. The van der Waals surface area contributed by atoms with Crippen LogP contribution in [0.3, 0.4) is 0 Å². The Bertz CT molecular complexity index is 693. The zero-order valence-electron chi connectivity index (χ0n) is 13.7. The van der Waals surface area contributed by atoms with Crippen molar-refractivity contribution in [3.8, 4) is 0 Å². The van der Waals surface area contributed by atoms with E-state index >= 15 is 0 Å². The summed E-state index contributed by atoms with van der Waals surface area (Å²) in [6.07, 6.45) is -3.30. The molecule has 0 aromatic heterocycles. The van der Waals surface area contributed by atoms with E-state index in [0.29, 0.717) is 0 Å². The molecular formula is C19H20BrF3N2. The summed E-state index contributed by atoms with van der Waals surface area (Å²) in [7, 11) is 0. The van der Waals surface area contributed by atoms with Gasteiger partial charge in [0.1, 0.15) is 0 Å². The Morgan fingerprint density at radius 3 is 2.36 bits per heavy atom. The highest BCUT2D eigenvalue weighted by atomic mass is 79.9. The summed E-state index contributed by atoms with van der Waals surface area (Å²) in [5.41, 5.74) is 1.34. The Morgan fingerprint density at radius 1 is 0.960 bits per heavy atom. The molecule has 1 N–H and O–H groups in total. The second kappa shape index (κ2) is 7.89. The minimum absolute atomic E-state index is 0.0715. The Labute approximate surface area is 154 Å². The predicted octanol–water partition coefficient (Wildman–Crippen LogP) is 4.85. The van der Waals surface area contributed by atoms with Crippen LogP contribution < -0.4 is 5.32 Å². The number of benzene rings is 2. The highest BCUT2D eigenvalue weighted by molar-refractivity contribution is 9.10. The lowest BCUT2D eigenvalue weighted by atomic mass is 9.95. The maximum absolute atomic E-state index is 12.9. The van der Waals surface area contributed by atoms with Crippen molar-refractivity contribution in [1.29, 1.82) is 0 Å². The summed E-state index contributed by atoms with van der Waals surface area (Å²) in [4.78, 5) is 2.34. The number of nitrogens with one attached hydrogen (secondary N) is 1. The third-order valence-corrected chi connectivity index (χ3v) is 5.22. The van der Waals surface area contributed by atoms with E-state index in [-0.39, 0.29) is 6.04 Å². The maximum atomic E-state index is 12.9. The van der Waals surface area contributed by atoms with Crippen LogP contribution in [0.2, 0.25) is 0 Å². The first kappa shape index (κ1) is 18.4. The first-order valence-corrected chi connectivity index (χ1v) is 9.12. The van der Waals surface area contributed by atoms with Crippen LogP contribution in [0.4, 0.5) is 13.2 Å². The van der Waals surface area contributed by atoms with Crippen LogP contribution >= 0.6 is 15.9 Å². The van der Waals surface area contributed by atoms with Crippen molar-refractivity contribution in [2.75, 3.05) is 26.2 Å². The van der Waals surface area contributed by atoms with Gasteiger partial charge in [-0.15, -0.1) is 0 Å². The van der Waals surface area contributed by atoms with Gasteiger partial charge in [0, 0.05) is 24.1 Å². The molecule has 1 unspecified atom stereocenters. The van der Waals surface area contributed by atoms with Gasteiger partial charge >= 0.3 is 6.18 Å². The van der Waals surface area contributed by atoms with Gasteiger partial charge in [-0.25, -0.2) is 0 Å². The molecule has 6 heteroatoms. The van der Waals surface area contributed by atoms with Gasteiger partial charge in [0.05, 0.1) is 11.6 Å². The van der Waals surface area contributed by atoms with Gasteiger partial charge in [-0.05, 0) is 42.3 Å². The van der Waals surface area contributed by atoms with E-state index in [1.165, 1.54) is 12.1 Å². The molecular weight excluding hydrogens is 393 g/mol. The topological polar surface area (TPSA) is 15.3 Å². The fourth-order valence-electron chi connectivity index (χ4n) is 3.26. The van der Waals surface area contributed by atoms with Crippen molar-refractivity contribution in [3.05, 3.63) is 69.7 Å². The fraction of sp³-hybridized carbons (Fsp3) is 0.368. The third-order valence-electron chi connectivity index (χ3n) is 4.49. The van der Waals surface area contributed by atoms with E-state index in [2.05, 4.69) is 26.1 Å². The molecule has 0 aliphatic carbocycles. The molecule has 2 aromatic carbocycles. The van der Waals surface area contributed by atoms with Crippen molar-refractivity contribution >= 4 is 15.9 Å². The quantitative estimate of drug-likeness (QED) is 0.774. The maximum Gasteiger partial charge on any atom is 0.416 e. The average molecular weight is 413 g/mol. The second-order valence-corrected chi connectivity index (χ2v) is 7.04. The molecule has 25 heavy (non-hydrogen) atoms. The molecule has 0 saturated carbocycles. The van der Waals surface area contributed by atoms with E-state index in [4.69, 9.17) is 0 Å². The average Bonchev–Trinajstić information content (AvgIpc) is 2.86. The first-order valence-electron chi connectivity index (χ1n) is 8.33. The highest BCUT2D eigenvalue weighted by Crippen LogP contribution is 2.36. The largest absolute Gasteiger partial charge is 0.416 e. The van der Waals surface area contributed by atoms with Crippen LogP contribution in [0, 0.1) is 0 Å². The number of alkyl halides is 3. The third kappa shape index (κ3) is 4.43. The van der Waals surface area contributed by atoms with Crippen LogP contribution in [-0.4, -0.2) is 31.1 Å². The van der Waals surface area contributed by atoms with Crippen LogP contribution in [0.15, 0.2) is 53.0 Å². The summed E-state index contributed by atoms with van der Waals surface area (Å²) < 4.78 is 39.6. The van der Waals surface area contributed by atoms with Gasteiger partial charge in [-0.2, -0.15) is 13.2 Å². The Hall–Kier alpha value is -1.37. The van der Waals surface area contributed by atoms with E-state index in [9.17, 15) is 13.2 Å². The normalized spacial score (nSPS) is 17.9. The molecule has 134 valence electrons. The van der Waals surface area contributed by atoms with Crippen LogP contribution in [-0.2, 0) is 6.18 Å². The molecule has 1 aliphatic rings. The second-order valence-electron chi connectivity index (χ2n) is 6.18. The van der Waals surface area contributed by atoms with Gasteiger partial charge < -0.3 is 5.32 Å². The lowest BCUT2D eigenvalue weighted by Crippen LogP contribution is -2.33. The molecule has 1 atom stereocenters. The lowest BCUT2D eigenvalue weighted by molar-refractivity contribution is -0.137. The Kier molecular flexibility index (Phi) is 5.81. The molecule has 2 aromatic rings. The molecule has 0 bridgehead atoms. The van der Waals surface area contributed by atoms with Crippen molar-refractivity contribution in [3.63, 3.8) is 0 Å². The Morgan fingerprint density at radius 2 is 1.68 bits per heavy atom. The lowest BCUT2D eigenvalue weighted by Gasteiger charge is -2.32. The van der Waals surface area contributed by atoms with Gasteiger partial charge in [0.15, 0.2) is 0 Å². The van der Waals surface area contributed by atoms with E-state index in [1.807, 2.05) is 24.3 Å². The molecule has 1 heterocycles. The summed E-state index contributed by atoms with van der Waals surface area (Å²) >= 11 is 3.60. The first-order chi connectivity index (χ1) is 12.0. The molecule has 1 saturated heterocycles. The summed E-state index contributed by atoms with van der Waals surface area (Å²) in [5.74, 6) is 0. The van der Waals surface area contributed by atoms with Gasteiger partial charge in [-0.3, -0.25) is 4.90 Å². The summed E-state index contributed by atoms with van der Waals surface area (Å²) in [6, 6.07) is 13.4. The molecule has 0 spiro atoms.